The van der Waals surface area contributed by atoms with Crippen LogP contribution >= 0.6 is 47.0 Å². The van der Waals surface area contributed by atoms with Gasteiger partial charge in [-0.05, 0) is 76.1 Å². The van der Waals surface area contributed by atoms with Gasteiger partial charge in [0.05, 0.1) is 21.6 Å². The van der Waals surface area contributed by atoms with E-state index in [0.717, 1.165) is 40.5 Å². The van der Waals surface area contributed by atoms with Gasteiger partial charge in [-0.15, -0.1) is 0 Å². The molecule has 2 heterocycles. The van der Waals surface area contributed by atoms with Crippen LogP contribution in [0.25, 0.3) is 30.0 Å². The molecule has 0 fully saturated rings. The van der Waals surface area contributed by atoms with Crippen LogP contribution in [0.2, 0.25) is 0 Å². The van der Waals surface area contributed by atoms with Crippen LogP contribution in [0.4, 0.5) is 0 Å². The topological polar surface area (TPSA) is 183 Å². The Balaban J connectivity index is 1.25. The number of carboxylic acid groups (broad SMARTS) is 1. The maximum Gasteiger partial charge on any atom is 0.325 e. The van der Waals surface area contributed by atoms with Crippen LogP contribution < -0.4 is 37.0 Å². The molecule has 0 bridgehead atoms. The van der Waals surface area contributed by atoms with Crippen molar-refractivity contribution in [2.24, 2.45) is 0 Å². The molecule has 12 nitrogen and oxygen atoms in total. The van der Waals surface area contributed by atoms with E-state index in [-0.39, 0.29) is 0 Å². The van der Waals surface area contributed by atoms with Crippen molar-refractivity contribution in [2.75, 3.05) is 13.1 Å². The minimum absolute atomic E-state index is 0.375. The number of nitrogens with one attached hydrogen (secondary N) is 5. The Labute approximate surface area is 303 Å². The first-order valence-electron chi connectivity index (χ1n) is 15.3. The summed E-state index contributed by atoms with van der Waals surface area (Å²) in [6, 6.07) is 10.7. The quantitative estimate of drug-likeness (QED) is 0.158. The highest BCUT2D eigenvalue weighted by molar-refractivity contribution is 8.35. The summed E-state index contributed by atoms with van der Waals surface area (Å²) in [5, 5.41) is 35.4. The molecule has 0 spiro atoms. The molecule has 0 radical (unpaired) electrons. The number of carbonyl (C=O) groups excluding carboxylic acids is 5. The summed E-state index contributed by atoms with van der Waals surface area (Å²) in [4.78, 5) is 73.6. The molecule has 16 heteroatoms. The van der Waals surface area contributed by atoms with Crippen LogP contribution in [0.5, 0.6) is 0 Å². The first-order valence-corrected chi connectivity index (χ1v) is 18.8. The van der Waals surface area contributed by atoms with Crippen molar-refractivity contribution in [1.82, 2.24) is 26.6 Å². The third-order valence-corrected chi connectivity index (χ3v) is 11.9. The molecule has 6 N–H and O–H groups in total. The second kappa shape index (κ2) is 16.6. The fourth-order valence-electron chi connectivity index (χ4n) is 5.11. The van der Waals surface area contributed by atoms with Gasteiger partial charge in [-0.25, -0.2) is 0 Å². The normalized spacial score (nSPS) is 15.4. The summed E-state index contributed by atoms with van der Waals surface area (Å²) in [6.07, 6.45) is 0. The standard InChI is InChI=1S/C34H33N5O7S4/c1-17(29(42)35-16-26(41)38-19(3)32(45)46)37-25(40)15-36-30(43)18(2)39-31(44)20-8-9-23-24(14-20)28(34-49-12-13-50-34)22-7-5-4-6-21(22)27(23)33-47-10-11-48-33/h4-14,17-19H,15-16H2,1-3H3,(H,35,42)(H,36,43)(H,37,40)(H,38,41)(H,39,44)(H,45,46)/t17-,18-,19-/m0/s1. The summed E-state index contributed by atoms with van der Waals surface area (Å²) < 4.78 is 2.27. The molecule has 3 aromatic rings. The highest BCUT2D eigenvalue weighted by atomic mass is 32.2. The highest BCUT2D eigenvalue weighted by Gasteiger charge is 2.22. The maximum absolute atomic E-state index is 13.5. The fraction of sp³-hybridized carbons (Fsp3) is 0.235. The molecule has 50 heavy (non-hydrogen) atoms. The second-order valence-electron chi connectivity index (χ2n) is 11.2. The number of rotatable bonds is 11. The average Bonchev–Trinajstić information content (AvgIpc) is 3.83. The number of thioether (sulfide) groups is 4. The van der Waals surface area contributed by atoms with Gasteiger partial charge < -0.3 is 31.7 Å². The van der Waals surface area contributed by atoms with Crippen LogP contribution in [0.1, 0.15) is 31.1 Å². The van der Waals surface area contributed by atoms with E-state index in [1.54, 1.807) is 53.1 Å². The van der Waals surface area contributed by atoms with Crippen molar-refractivity contribution >= 4 is 113 Å². The molecule has 5 amide bonds. The van der Waals surface area contributed by atoms with Gasteiger partial charge in [-0.1, -0.05) is 77.4 Å². The molecule has 3 aromatic carbocycles. The Hall–Kier alpha value is -4.38. The number of aliphatic carboxylic acids is 1. The predicted molar refractivity (Wildman–Crippen MR) is 202 cm³/mol. The lowest BCUT2D eigenvalue weighted by Crippen LogP contribution is -2.52. The Bertz CT molecular complexity index is 2080. The number of amides is 5. The SMILES string of the molecule is C[C@H](NC(=O)CNC(=O)[C@H](C)NC(=O)CNC(=O)[C@H](C)NC(=O)c1ccc2c(=C3SC=CS3)c3ccccc3c(=C3SC=CS3)c2c1)C(=O)O. The van der Waals surface area contributed by atoms with Gasteiger partial charge in [0.1, 0.15) is 18.1 Å². The van der Waals surface area contributed by atoms with Gasteiger partial charge >= 0.3 is 5.97 Å². The van der Waals surface area contributed by atoms with Crippen LogP contribution in [0.3, 0.4) is 0 Å². The van der Waals surface area contributed by atoms with Crippen molar-refractivity contribution in [3.05, 3.63) is 80.1 Å². The van der Waals surface area contributed by atoms with E-state index in [9.17, 15) is 28.8 Å². The van der Waals surface area contributed by atoms with Crippen molar-refractivity contribution in [1.29, 1.82) is 0 Å². The number of hydrogen-bond acceptors (Lipinski definition) is 10. The first-order chi connectivity index (χ1) is 23.9. The van der Waals surface area contributed by atoms with Gasteiger partial charge in [0.2, 0.25) is 23.6 Å². The number of hydrogen-bond donors (Lipinski definition) is 6. The Morgan fingerprint density at radius 1 is 0.600 bits per heavy atom. The number of benzene rings is 3. The third kappa shape index (κ3) is 8.67. The Kier molecular flexibility index (Phi) is 12.2. The van der Waals surface area contributed by atoms with Gasteiger partial charge in [0, 0.05) is 16.0 Å². The van der Waals surface area contributed by atoms with Crippen molar-refractivity contribution in [2.45, 2.75) is 38.9 Å². The monoisotopic (exact) mass is 751 g/mol. The summed E-state index contributed by atoms with van der Waals surface area (Å²) in [6.45, 7) is 3.22. The Morgan fingerprint density at radius 2 is 1.04 bits per heavy atom. The molecule has 0 aromatic heterocycles. The minimum Gasteiger partial charge on any atom is -0.480 e. The smallest absolute Gasteiger partial charge is 0.325 e. The largest absolute Gasteiger partial charge is 0.480 e. The fourth-order valence-corrected chi connectivity index (χ4v) is 8.95. The van der Waals surface area contributed by atoms with E-state index in [0.29, 0.717) is 5.56 Å². The zero-order valence-corrected chi connectivity index (χ0v) is 30.3. The summed E-state index contributed by atoms with van der Waals surface area (Å²) >= 11 is 6.61. The molecule has 3 atom stereocenters. The van der Waals surface area contributed by atoms with Gasteiger partial charge in [0.15, 0.2) is 0 Å². The van der Waals surface area contributed by atoms with E-state index in [1.807, 2.05) is 35.1 Å². The van der Waals surface area contributed by atoms with E-state index >= 15 is 0 Å². The van der Waals surface area contributed by atoms with E-state index in [2.05, 4.69) is 49.5 Å². The van der Waals surface area contributed by atoms with Gasteiger partial charge in [-0.2, -0.15) is 0 Å². The Morgan fingerprint density at radius 3 is 1.54 bits per heavy atom. The van der Waals surface area contributed by atoms with E-state index in [1.165, 1.54) is 20.8 Å². The lowest BCUT2D eigenvalue weighted by atomic mass is 9.97. The van der Waals surface area contributed by atoms with E-state index < -0.39 is 66.7 Å². The lowest BCUT2D eigenvalue weighted by molar-refractivity contribution is -0.141. The first kappa shape index (κ1) is 36.9. The third-order valence-electron chi connectivity index (χ3n) is 7.61. The second-order valence-corrected chi connectivity index (χ2v) is 15.4. The highest BCUT2D eigenvalue weighted by Crippen LogP contribution is 2.41. The van der Waals surface area contributed by atoms with Crippen molar-refractivity contribution < 1.29 is 33.9 Å². The van der Waals surface area contributed by atoms with Crippen molar-refractivity contribution in [3.63, 3.8) is 0 Å². The summed E-state index contributed by atoms with van der Waals surface area (Å²) in [7, 11) is 0. The number of fused-ring (bicyclic) bond motifs is 2. The molecule has 0 saturated heterocycles. The zero-order valence-electron chi connectivity index (χ0n) is 27.0. The molecule has 260 valence electrons. The van der Waals surface area contributed by atoms with Crippen LogP contribution in [0, 0.1) is 0 Å². The van der Waals surface area contributed by atoms with Crippen molar-refractivity contribution in [3.8, 4) is 0 Å². The van der Waals surface area contributed by atoms with Gasteiger partial charge in [-0.3, -0.25) is 28.8 Å². The predicted octanol–water partition coefficient (Wildman–Crippen LogP) is 2.47. The lowest BCUT2D eigenvalue weighted by Gasteiger charge is -2.17. The number of carboxylic acids is 1. The summed E-state index contributed by atoms with van der Waals surface area (Å²) in [5.74, 6) is -4.35. The molecule has 5 rings (SSSR count). The summed E-state index contributed by atoms with van der Waals surface area (Å²) in [5.41, 5.74) is 0.375. The zero-order chi connectivity index (χ0) is 35.9. The van der Waals surface area contributed by atoms with Gasteiger partial charge in [0.25, 0.3) is 5.91 Å². The molecule has 2 aliphatic heterocycles. The molecule has 0 aliphatic carbocycles. The average molecular weight is 752 g/mol. The molecule has 2 aliphatic rings. The minimum atomic E-state index is -1.23. The van der Waals surface area contributed by atoms with Crippen LogP contribution in [0.15, 0.2) is 64.1 Å². The number of carbonyl (C=O) groups is 6. The maximum atomic E-state index is 13.5. The molecular formula is C34H33N5O7S4. The molecule has 0 saturated carbocycles. The van der Waals surface area contributed by atoms with Crippen LogP contribution in [-0.4, -0.2) is 71.8 Å². The molecule has 0 unspecified atom stereocenters. The van der Waals surface area contributed by atoms with Crippen LogP contribution in [-0.2, 0) is 24.0 Å². The van der Waals surface area contributed by atoms with E-state index in [4.69, 9.17) is 5.11 Å². The molecular weight excluding hydrogens is 719 g/mol.